The maximum absolute atomic E-state index is 12.7. The molecule has 0 saturated heterocycles. The summed E-state index contributed by atoms with van der Waals surface area (Å²) in [6.45, 7) is 4.26. The van der Waals surface area contributed by atoms with Crippen molar-refractivity contribution < 1.29 is 0 Å². The summed E-state index contributed by atoms with van der Waals surface area (Å²) in [6.07, 6.45) is 0. The second kappa shape index (κ2) is 6.89. The van der Waals surface area contributed by atoms with Gasteiger partial charge in [0.05, 0.1) is 17.8 Å². The summed E-state index contributed by atoms with van der Waals surface area (Å²) >= 11 is 5.89. The van der Waals surface area contributed by atoms with Gasteiger partial charge in [0.15, 0.2) is 0 Å². The van der Waals surface area contributed by atoms with Gasteiger partial charge in [-0.1, -0.05) is 41.9 Å². The van der Waals surface area contributed by atoms with Gasteiger partial charge in [-0.2, -0.15) is 0 Å². The zero-order valence-electron chi connectivity index (χ0n) is 13.6. The van der Waals surface area contributed by atoms with E-state index in [4.69, 9.17) is 11.6 Å². The Hall–Kier alpha value is -2.59. The summed E-state index contributed by atoms with van der Waals surface area (Å²) in [4.78, 5) is 17.3. The molecular weight excluding hydrogens is 322 g/mol. The fourth-order valence-electron chi connectivity index (χ4n) is 2.61. The van der Waals surface area contributed by atoms with Crippen LogP contribution >= 0.6 is 11.6 Å². The average Bonchev–Trinajstić information content (AvgIpc) is 2.89. The predicted octanol–water partition coefficient (Wildman–Crippen LogP) is 4.14. The molecule has 0 bridgehead atoms. The largest absolute Gasteiger partial charge is 0.295 e. The van der Waals surface area contributed by atoms with Crippen LogP contribution in [0.1, 0.15) is 23.7 Å². The van der Waals surface area contributed by atoms with E-state index in [1.165, 1.54) is 0 Å². The molecular formula is C19H18ClN3O. The number of hydrogen-bond acceptors (Lipinski definition) is 2. The molecule has 0 radical (unpaired) electrons. The van der Waals surface area contributed by atoms with Gasteiger partial charge < -0.3 is 0 Å². The number of nitrogens with zero attached hydrogens (tertiary/aromatic N) is 2. The van der Waals surface area contributed by atoms with Crippen molar-refractivity contribution in [2.24, 2.45) is 4.99 Å². The average molecular weight is 340 g/mol. The monoisotopic (exact) mass is 339 g/mol. The van der Waals surface area contributed by atoms with E-state index in [-0.39, 0.29) is 5.56 Å². The van der Waals surface area contributed by atoms with E-state index in [1.807, 2.05) is 68.4 Å². The van der Waals surface area contributed by atoms with E-state index >= 15 is 0 Å². The highest BCUT2D eigenvalue weighted by Gasteiger charge is 2.14. The molecule has 0 saturated carbocycles. The van der Waals surface area contributed by atoms with Crippen LogP contribution in [0.15, 0.2) is 64.4 Å². The standard InChI is InChI=1S/C19H18ClN3O/c1-13(21-12-15-8-10-16(20)11-9-15)18-14(2)22-23(19(18)24)17-6-4-3-5-7-17/h3-11,22H,12H2,1-2H3. The Labute approximate surface area is 145 Å². The van der Waals surface area contributed by atoms with E-state index in [9.17, 15) is 4.79 Å². The number of aryl methyl sites for hydroxylation is 1. The molecule has 0 spiro atoms. The van der Waals surface area contributed by atoms with E-state index < -0.39 is 0 Å². The van der Waals surface area contributed by atoms with E-state index in [0.717, 1.165) is 22.7 Å². The van der Waals surface area contributed by atoms with Crippen LogP contribution in [0.5, 0.6) is 0 Å². The highest BCUT2D eigenvalue weighted by Crippen LogP contribution is 2.12. The maximum atomic E-state index is 12.7. The molecule has 122 valence electrons. The van der Waals surface area contributed by atoms with E-state index in [0.29, 0.717) is 17.1 Å². The number of halogens is 1. The van der Waals surface area contributed by atoms with Gasteiger partial charge in [-0.3, -0.25) is 14.9 Å². The summed E-state index contributed by atoms with van der Waals surface area (Å²) in [6, 6.07) is 17.1. The van der Waals surface area contributed by atoms with Crippen LogP contribution in [-0.4, -0.2) is 15.5 Å². The van der Waals surface area contributed by atoms with Crippen molar-refractivity contribution in [3.8, 4) is 5.69 Å². The Morgan fingerprint density at radius 3 is 2.46 bits per heavy atom. The minimum atomic E-state index is -0.0870. The quantitative estimate of drug-likeness (QED) is 0.714. The van der Waals surface area contributed by atoms with E-state index in [1.54, 1.807) is 4.68 Å². The lowest BCUT2D eigenvalue weighted by Crippen LogP contribution is -2.19. The van der Waals surface area contributed by atoms with Crippen molar-refractivity contribution in [1.29, 1.82) is 0 Å². The highest BCUT2D eigenvalue weighted by molar-refractivity contribution is 6.30. The van der Waals surface area contributed by atoms with Crippen LogP contribution in [0.4, 0.5) is 0 Å². The summed E-state index contributed by atoms with van der Waals surface area (Å²) in [5, 5.41) is 3.82. The molecule has 1 N–H and O–H groups in total. The third-order valence-corrected chi connectivity index (χ3v) is 4.11. The van der Waals surface area contributed by atoms with Gasteiger partial charge in [0, 0.05) is 16.4 Å². The number of aromatic nitrogens is 2. The van der Waals surface area contributed by atoms with Gasteiger partial charge in [-0.05, 0) is 43.7 Å². The van der Waals surface area contributed by atoms with Crippen LogP contribution in [0, 0.1) is 6.92 Å². The Bertz CT molecular complexity index is 921. The molecule has 0 atom stereocenters. The minimum absolute atomic E-state index is 0.0870. The number of rotatable bonds is 4. The minimum Gasteiger partial charge on any atom is -0.295 e. The Kier molecular flexibility index (Phi) is 4.67. The van der Waals surface area contributed by atoms with Gasteiger partial charge in [-0.25, -0.2) is 4.68 Å². The van der Waals surface area contributed by atoms with Crippen molar-refractivity contribution in [3.05, 3.63) is 86.8 Å². The van der Waals surface area contributed by atoms with Crippen molar-refractivity contribution in [3.63, 3.8) is 0 Å². The molecule has 4 nitrogen and oxygen atoms in total. The number of nitrogens with one attached hydrogen (secondary N) is 1. The second-order valence-electron chi connectivity index (χ2n) is 5.62. The topological polar surface area (TPSA) is 50.1 Å². The zero-order valence-corrected chi connectivity index (χ0v) is 14.3. The zero-order chi connectivity index (χ0) is 17.1. The van der Waals surface area contributed by atoms with Gasteiger partial charge in [0.1, 0.15) is 0 Å². The smallest absolute Gasteiger partial charge is 0.280 e. The predicted molar refractivity (Wildman–Crippen MR) is 98.5 cm³/mol. The van der Waals surface area contributed by atoms with E-state index in [2.05, 4.69) is 10.1 Å². The lowest BCUT2D eigenvalue weighted by molar-refractivity contribution is 0.835. The van der Waals surface area contributed by atoms with Crippen LogP contribution < -0.4 is 5.56 Å². The van der Waals surface area contributed by atoms with Crippen molar-refractivity contribution in [2.45, 2.75) is 20.4 Å². The second-order valence-corrected chi connectivity index (χ2v) is 6.05. The molecule has 0 amide bonds. The molecule has 0 aliphatic rings. The number of hydrogen-bond donors (Lipinski definition) is 1. The Morgan fingerprint density at radius 1 is 1.12 bits per heavy atom. The molecule has 5 heteroatoms. The van der Waals surface area contributed by atoms with Crippen LogP contribution in [0.25, 0.3) is 5.69 Å². The fourth-order valence-corrected chi connectivity index (χ4v) is 2.74. The number of H-pyrrole nitrogens is 1. The van der Waals surface area contributed by atoms with Gasteiger partial charge in [-0.15, -0.1) is 0 Å². The third kappa shape index (κ3) is 3.34. The first kappa shape index (κ1) is 16.3. The summed E-state index contributed by atoms with van der Waals surface area (Å²) < 4.78 is 1.55. The van der Waals surface area contributed by atoms with Gasteiger partial charge >= 0.3 is 0 Å². The van der Waals surface area contributed by atoms with Crippen molar-refractivity contribution in [1.82, 2.24) is 9.78 Å². The number of aromatic amines is 1. The molecule has 1 aromatic heterocycles. The van der Waals surface area contributed by atoms with Crippen molar-refractivity contribution in [2.75, 3.05) is 0 Å². The van der Waals surface area contributed by atoms with Crippen LogP contribution in [0.2, 0.25) is 5.02 Å². The molecule has 0 fully saturated rings. The van der Waals surface area contributed by atoms with Gasteiger partial charge in [0.2, 0.25) is 0 Å². The van der Waals surface area contributed by atoms with Crippen molar-refractivity contribution >= 4 is 17.3 Å². The summed E-state index contributed by atoms with van der Waals surface area (Å²) in [5.41, 5.74) is 3.92. The Balaban J connectivity index is 1.91. The highest BCUT2D eigenvalue weighted by atomic mass is 35.5. The molecule has 1 heterocycles. The molecule has 2 aromatic carbocycles. The third-order valence-electron chi connectivity index (χ3n) is 3.86. The number of aliphatic imine (C=N–C) groups is 1. The van der Waals surface area contributed by atoms with Gasteiger partial charge in [0.25, 0.3) is 5.56 Å². The normalized spacial score (nSPS) is 11.7. The lowest BCUT2D eigenvalue weighted by atomic mass is 10.1. The maximum Gasteiger partial charge on any atom is 0.280 e. The molecule has 24 heavy (non-hydrogen) atoms. The fraction of sp³-hybridized carbons (Fsp3) is 0.158. The van der Waals surface area contributed by atoms with Crippen LogP contribution in [-0.2, 0) is 6.54 Å². The summed E-state index contributed by atoms with van der Waals surface area (Å²) in [5.74, 6) is 0. The first-order chi connectivity index (χ1) is 11.6. The molecule has 3 rings (SSSR count). The molecule has 0 aliphatic carbocycles. The first-order valence-corrected chi connectivity index (χ1v) is 8.07. The Morgan fingerprint density at radius 2 is 1.79 bits per heavy atom. The number of para-hydroxylation sites is 1. The summed E-state index contributed by atoms with van der Waals surface area (Å²) in [7, 11) is 0. The molecule has 0 unspecified atom stereocenters. The SMILES string of the molecule is CC(=NCc1ccc(Cl)cc1)c1c(C)[nH]n(-c2ccccc2)c1=O. The molecule has 0 aliphatic heterocycles. The van der Waals surface area contributed by atoms with Crippen LogP contribution in [0.3, 0.4) is 0 Å². The molecule has 3 aromatic rings. The lowest BCUT2D eigenvalue weighted by Gasteiger charge is -2.00. The first-order valence-electron chi connectivity index (χ1n) is 7.69. The number of benzene rings is 2.